The van der Waals surface area contributed by atoms with Gasteiger partial charge in [0.1, 0.15) is 5.82 Å². The maximum absolute atomic E-state index is 12.0. The number of pyridine rings is 1. The molecule has 1 aromatic heterocycles. The third-order valence-corrected chi connectivity index (χ3v) is 2.84. The van der Waals surface area contributed by atoms with E-state index in [2.05, 4.69) is 26.2 Å². The molecule has 3 nitrogen and oxygen atoms in total. The second-order valence-electron chi connectivity index (χ2n) is 3.63. The van der Waals surface area contributed by atoms with Crippen molar-refractivity contribution < 1.29 is 4.79 Å². The molecule has 86 valence electrons. The lowest BCUT2D eigenvalue weighted by Crippen LogP contribution is -2.14. The zero-order valence-corrected chi connectivity index (χ0v) is 10.9. The fourth-order valence-electron chi connectivity index (χ4n) is 1.46. The van der Waals surface area contributed by atoms with Crippen LogP contribution >= 0.6 is 15.9 Å². The number of carbonyl (C=O) groups excluding carboxylic acids is 1. The molecule has 4 heteroatoms. The van der Waals surface area contributed by atoms with Crippen LogP contribution in [0, 0.1) is 6.92 Å². The van der Waals surface area contributed by atoms with Crippen LogP contribution in [0.3, 0.4) is 0 Å². The molecule has 0 spiro atoms. The number of rotatable bonds is 2. The standard InChI is InChI=1S/C13H11BrN2O/c1-9-5-6-10(14)8-11(9)13(17)16-12-4-2-3-7-15-12/h2-8H,1H3,(H,15,16,17). The highest BCUT2D eigenvalue weighted by Crippen LogP contribution is 2.17. The largest absolute Gasteiger partial charge is 0.307 e. The quantitative estimate of drug-likeness (QED) is 0.921. The van der Waals surface area contributed by atoms with Crippen molar-refractivity contribution in [2.75, 3.05) is 5.32 Å². The Balaban J connectivity index is 2.23. The molecule has 0 bridgehead atoms. The Bertz CT molecular complexity index is 540. The Morgan fingerprint density at radius 3 is 2.82 bits per heavy atom. The minimum atomic E-state index is -0.150. The molecule has 1 heterocycles. The molecule has 1 aromatic carbocycles. The number of hydrogen-bond donors (Lipinski definition) is 1. The van der Waals surface area contributed by atoms with E-state index in [0.717, 1.165) is 10.0 Å². The first-order chi connectivity index (χ1) is 8.16. The number of carbonyl (C=O) groups is 1. The summed E-state index contributed by atoms with van der Waals surface area (Å²) in [5, 5.41) is 2.76. The summed E-state index contributed by atoms with van der Waals surface area (Å²) in [5.41, 5.74) is 1.58. The van der Waals surface area contributed by atoms with Crippen molar-refractivity contribution >= 4 is 27.7 Å². The van der Waals surface area contributed by atoms with Gasteiger partial charge in [-0.3, -0.25) is 4.79 Å². The van der Waals surface area contributed by atoms with E-state index in [4.69, 9.17) is 0 Å². The molecule has 0 aliphatic rings. The maximum atomic E-state index is 12.0. The molecule has 0 aliphatic heterocycles. The lowest BCUT2D eigenvalue weighted by atomic mass is 10.1. The molecule has 1 amide bonds. The molecular weight excluding hydrogens is 280 g/mol. The predicted molar refractivity (Wildman–Crippen MR) is 71.1 cm³/mol. The van der Waals surface area contributed by atoms with E-state index in [1.54, 1.807) is 24.4 Å². The SMILES string of the molecule is Cc1ccc(Br)cc1C(=O)Nc1ccccn1. The molecule has 0 saturated carbocycles. The molecule has 0 radical (unpaired) electrons. The summed E-state index contributed by atoms with van der Waals surface area (Å²) in [6, 6.07) is 11.0. The Labute approximate surface area is 108 Å². The van der Waals surface area contributed by atoms with Gasteiger partial charge in [0.05, 0.1) is 0 Å². The molecule has 17 heavy (non-hydrogen) atoms. The lowest BCUT2D eigenvalue weighted by molar-refractivity contribution is 0.102. The van der Waals surface area contributed by atoms with Crippen LogP contribution in [0.15, 0.2) is 47.1 Å². The van der Waals surface area contributed by atoms with E-state index in [-0.39, 0.29) is 5.91 Å². The normalized spacial score (nSPS) is 10.0. The van der Waals surface area contributed by atoms with Crippen molar-refractivity contribution in [3.63, 3.8) is 0 Å². The van der Waals surface area contributed by atoms with Crippen LogP contribution in [-0.2, 0) is 0 Å². The minimum Gasteiger partial charge on any atom is -0.307 e. The van der Waals surface area contributed by atoms with Crippen molar-refractivity contribution in [2.45, 2.75) is 6.92 Å². The van der Waals surface area contributed by atoms with Gasteiger partial charge in [0.15, 0.2) is 0 Å². The molecule has 0 fully saturated rings. The van der Waals surface area contributed by atoms with E-state index >= 15 is 0 Å². The monoisotopic (exact) mass is 290 g/mol. The zero-order valence-electron chi connectivity index (χ0n) is 9.27. The van der Waals surface area contributed by atoms with E-state index in [9.17, 15) is 4.79 Å². The molecule has 1 N–H and O–H groups in total. The summed E-state index contributed by atoms with van der Waals surface area (Å²) in [4.78, 5) is 16.1. The average molecular weight is 291 g/mol. The Morgan fingerprint density at radius 1 is 1.29 bits per heavy atom. The predicted octanol–water partition coefficient (Wildman–Crippen LogP) is 3.40. The van der Waals surface area contributed by atoms with Crippen molar-refractivity contribution in [1.82, 2.24) is 4.98 Å². The zero-order chi connectivity index (χ0) is 12.3. The summed E-state index contributed by atoms with van der Waals surface area (Å²) in [7, 11) is 0. The molecule has 0 saturated heterocycles. The molecule has 0 unspecified atom stereocenters. The average Bonchev–Trinajstić information content (AvgIpc) is 2.33. The molecule has 2 aromatic rings. The number of halogens is 1. The number of nitrogens with one attached hydrogen (secondary N) is 1. The van der Waals surface area contributed by atoms with Crippen LogP contribution < -0.4 is 5.32 Å². The van der Waals surface area contributed by atoms with Gasteiger partial charge in [-0.2, -0.15) is 0 Å². The van der Waals surface area contributed by atoms with Gasteiger partial charge in [-0.15, -0.1) is 0 Å². The molecule has 0 atom stereocenters. The van der Waals surface area contributed by atoms with Gasteiger partial charge in [-0.1, -0.05) is 28.1 Å². The minimum absolute atomic E-state index is 0.150. The van der Waals surface area contributed by atoms with Crippen molar-refractivity contribution in [2.24, 2.45) is 0 Å². The highest BCUT2D eigenvalue weighted by atomic mass is 79.9. The number of aromatic nitrogens is 1. The first-order valence-corrected chi connectivity index (χ1v) is 5.94. The fraction of sp³-hybridized carbons (Fsp3) is 0.0769. The van der Waals surface area contributed by atoms with Gasteiger partial charge in [0.2, 0.25) is 0 Å². The Kier molecular flexibility index (Phi) is 3.54. The van der Waals surface area contributed by atoms with E-state index in [1.165, 1.54) is 0 Å². The fourth-order valence-corrected chi connectivity index (χ4v) is 1.82. The van der Waals surface area contributed by atoms with Gasteiger partial charge in [0.25, 0.3) is 5.91 Å². The van der Waals surface area contributed by atoms with Gasteiger partial charge in [0, 0.05) is 16.2 Å². The van der Waals surface area contributed by atoms with E-state index < -0.39 is 0 Å². The summed E-state index contributed by atoms with van der Waals surface area (Å²) < 4.78 is 0.884. The first-order valence-electron chi connectivity index (χ1n) is 5.15. The van der Waals surface area contributed by atoms with Crippen molar-refractivity contribution in [3.05, 3.63) is 58.2 Å². The second-order valence-corrected chi connectivity index (χ2v) is 4.54. The molecule has 2 rings (SSSR count). The molecular formula is C13H11BrN2O. The van der Waals surface area contributed by atoms with Gasteiger partial charge < -0.3 is 5.32 Å². The van der Waals surface area contributed by atoms with Crippen LogP contribution in [0.1, 0.15) is 15.9 Å². The summed E-state index contributed by atoms with van der Waals surface area (Å²) in [5.74, 6) is 0.402. The van der Waals surface area contributed by atoms with E-state index in [0.29, 0.717) is 11.4 Å². The first kappa shape index (κ1) is 11.8. The highest BCUT2D eigenvalue weighted by molar-refractivity contribution is 9.10. The number of benzene rings is 1. The third-order valence-electron chi connectivity index (χ3n) is 2.35. The number of hydrogen-bond acceptors (Lipinski definition) is 2. The lowest BCUT2D eigenvalue weighted by Gasteiger charge is -2.07. The number of anilines is 1. The van der Waals surface area contributed by atoms with Crippen LogP contribution in [0.2, 0.25) is 0 Å². The number of amides is 1. The summed E-state index contributed by atoms with van der Waals surface area (Å²) in [6.07, 6.45) is 1.64. The van der Waals surface area contributed by atoms with Crippen LogP contribution in [0.5, 0.6) is 0 Å². The summed E-state index contributed by atoms with van der Waals surface area (Å²) in [6.45, 7) is 1.90. The summed E-state index contributed by atoms with van der Waals surface area (Å²) >= 11 is 3.35. The third kappa shape index (κ3) is 2.91. The number of nitrogens with zero attached hydrogens (tertiary/aromatic N) is 1. The van der Waals surface area contributed by atoms with Gasteiger partial charge in [-0.25, -0.2) is 4.98 Å². The van der Waals surface area contributed by atoms with Crippen LogP contribution in [-0.4, -0.2) is 10.9 Å². The van der Waals surface area contributed by atoms with E-state index in [1.807, 2.05) is 25.1 Å². The maximum Gasteiger partial charge on any atom is 0.257 e. The highest BCUT2D eigenvalue weighted by Gasteiger charge is 2.09. The molecule has 0 aliphatic carbocycles. The van der Waals surface area contributed by atoms with Crippen molar-refractivity contribution in [3.8, 4) is 0 Å². The topological polar surface area (TPSA) is 42.0 Å². The second kappa shape index (κ2) is 5.10. The Hall–Kier alpha value is -1.68. The number of aryl methyl sites for hydroxylation is 1. The Morgan fingerprint density at radius 2 is 2.12 bits per heavy atom. The van der Waals surface area contributed by atoms with Crippen LogP contribution in [0.4, 0.5) is 5.82 Å². The van der Waals surface area contributed by atoms with Crippen LogP contribution in [0.25, 0.3) is 0 Å². The van der Waals surface area contributed by atoms with Gasteiger partial charge >= 0.3 is 0 Å². The van der Waals surface area contributed by atoms with Crippen molar-refractivity contribution in [1.29, 1.82) is 0 Å². The smallest absolute Gasteiger partial charge is 0.257 e. The van der Waals surface area contributed by atoms with Gasteiger partial charge in [-0.05, 0) is 36.8 Å².